The lowest BCUT2D eigenvalue weighted by molar-refractivity contribution is -0.975. The minimum atomic E-state index is -0.470. The van der Waals surface area contributed by atoms with Crippen LogP contribution in [0.5, 0.6) is 12.0 Å². The lowest BCUT2D eigenvalue weighted by Crippen LogP contribution is -2.56. The highest BCUT2D eigenvalue weighted by Crippen LogP contribution is 2.29. The van der Waals surface area contributed by atoms with Gasteiger partial charge in [0, 0.05) is 33.0 Å². The van der Waals surface area contributed by atoms with Gasteiger partial charge in [0.2, 0.25) is 18.4 Å². The zero-order chi connectivity index (χ0) is 32.5. The predicted octanol–water partition coefficient (Wildman–Crippen LogP) is 5.29. The van der Waals surface area contributed by atoms with Crippen LogP contribution in [0.3, 0.4) is 0 Å². The minimum Gasteiger partial charge on any atom is -0.410 e. The number of ether oxygens (including phenoxy) is 2. The number of nitro benzene ring substituents is 2. The van der Waals surface area contributed by atoms with Gasteiger partial charge in [0.1, 0.15) is 13.1 Å². The zero-order valence-electron chi connectivity index (χ0n) is 26.6. The Labute approximate surface area is 258 Å². The molecule has 2 aromatic carbocycles. The summed E-state index contributed by atoms with van der Waals surface area (Å²) in [6, 6.07) is 13.6. The summed E-state index contributed by atoms with van der Waals surface area (Å²) in [5.41, 5.74) is 1.38. The Morgan fingerprint density at radius 1 is 0.705 bits per heavy atom. The smallest absolute Gasteiger partial charge is 0.328 e. The molecule has 0 amide bonds. The zero-order valence-corrected chi connectivity index (χ0v) is 26.6. The molecule has 44 heavy (non-hydrogen) atoms. The molecule has 1 aromatic heterocycles. The van der Waals surface area contributed by atoms with Crippen LogP contribution >= 0.6 is 0 Å². The fourth-order valence-corrected chi connectivity index (χ4v) is 5.59. The number of nitrogens with one attached hydrogen (secondary N) is 1. The lowest BCUT2D eigenvalue weighted by atomic mass is 10.1. The van der Waals surface area contributed by atoms with Gasteiger partial charge in [-0.1, -0.05) is 24.3 Å². The molecule has 14 nitrogen and oxygen atoms in total. The predicted molar refractivity (Wildman–Crippen MR) is 166 cm³/mol. The topological polar surface area (TPSA) is 155 Å². The van der Waals surface area contributed by atoms with Crippen molar-refractivity contribution in [2.75, 3.05) is 38.5 Å². The summed E-state index contributed by atoms with van der Waals surface area (Å²) in [5, 5.41) is 26.3. The Morgan fingerprint density at radius 2 is 1.07 bits per heavy atom. The molecule has 0 fully saturated rings. The number of hydrogen-bond acceptors (Lipinski definition) is 10. The van der Waals surface area contributed by atoms with Crippen LogP contribution in [0, 0.1) is 20.2 Å². The molecule has 0 spiro atoms. The van der Waals surface area contributed by atoms with Crippen LogP contribution in [0.4, 0.5) is 17.3 Å². The van der Waals surface area contributed by atoms with Crippen molar-refractivity contribution in [3.05, 3.63) is 79.9 Å². The number of benzene rings is 2. The maximum absolute atomic E-state index is 11.7. The third-order valence-electron chi connectivity index (χ3n) is 8.78. The van der Waals surface area contributed by atoms with Gasteiger partial charge in [-0.05, 0) is 39.8 Å². The third-order valence-corrected chi connectivity index (χ3v) is 8.78. The number of hydrogen-bond donors (Lipinski definition) is 1. The van der Waals surface area contributed by atoms with Gasteiger partial charge in [-0.25, -0.2) is 0 Å². The largest absolute Gasteiger partial charge is 0.410 e. The summed E-state index contributed by atoms with van der Waals surface area (Å²) in [6.45, 7) is 15.2. The molecular formula is C30H44N8O6+2. The Bertz CT molecular complexity index is 1330. The molecule has 3 aromatic rings. The second kappa shape index (κ2) is 14.8. The van der Waals surface area contributed by atoms with Gasteiger partial charge in [0.05, 0.1) is 47.2 Å². The van der Waals surface area contributed by atoms with Crippen molar-refractivity contribution in [1.29, 1.82) is 0 Å². The summed E-state index contributed by atoms with van der Waals surface area (Å²) in [4.78, 5) is 35.9. The number of para-hydroxylation sites is 2. The molecule has 0 radical (unpaired) electrons. The molecule has 0 saturated carbocycles. The highest BCUT2D eigenvalue weighted by Gasteiger charge is 2.37. The van der Waals surface area contributed by atoms with Crippen molar-refractivity contribution in [2.24, 2.45) is 0 Å². The monoisotopic (exact) mass is 612 g/mol. The number of anilines is 1. The molecule has 3 rings (SSSR count). The van der Waals surface area contributed by atoms with Gasteiger partial charge in [-0.3, -0.25) is 29.2 Å². The Kier molecular flexibility index (Phi) is 11.5. The summed E-state index contributed by atoms with van der Waals surface area (Å²) in [7, 11) is 1.68. The summed E-state index contributed by atoms with van der Waals surface area (Å²) >= 11 is 0. The first-order chi connectivity index (χ1) is 21.0. The van der Waals surface area contributed by atoms with Crippen molar-refractivity contribution in [3.8, 4) is 12.0 Å². The van der Waals surface area contributed by atoms with Crippen LogP contribution in [0.2, 0.25) is 0 Å². The Balaban J connectivity index is 1.90. The highest BCUT2D eigenvalue weighted by atomic mass is 16.6. The van der Waals surface area contributed by atoms with Crippen molar-refractivity contribution < 1.29 is 28.3 Å². The van der Waals surface area contributed by atoms with Crippen molar-refractivity contribution >= 4 is 17.3 Å². The van der Waals surface area contributed by atoms with Crippen LogP contribution in [-0.4, -0.2) is 79.4 Å². The standard InChI is InChI=1S/C30H44N8O6/c1-8-37(9-2,20-24-16-12-14-18-26(24)35(39)40)22(5)43-29-32-28(31-7)33-30(34-29)44-23(6)38(10-3,11-4)21-25-17-13-15-19-27(25)36(41)42/h12-19,22-23H,8-11,20-21H2,1-7H3,(H,31,32,33,34)/q+2/t22-,23-/m0/s1. The molecule has 14 heteroatoms. The van der Waals surface area contributed by atoms with Crippen LogP contribution in [0.1, 0.15) is 52.7 Å². The number of quaternary nitrogens is 2. The fourth-order valence-electron chi connectivity index (χ4n) is 5.59. The highest BCUT2D eigenvalue weighted by molar-refractivity contribution is 5.40. The van der Waals surface area contributed by atoms with Crippen molar-refractivity contribution in [1.82, 2.24) is 15.0 Å². The molecule has 1 N–H and O–H groups in total. The first kappa shape index (κ1) is 34.1. The van der Waals surface area contributed by atoms with Gasteiger partial charge in [0.15, 0.2) is 0 Å². The van der Waals surface area contributed by atoms with E-state index in [-0.39, 0.29) is 39.2 Å². The molecule has 2 atom stereocenters. The normalized spacial score (nSPS) is 13.2. The molecule has 1 heterocycles. The average Bonchev–Trinajstić information content (AvgIpc) is 3.02. The van der Waals surface area contributed by atoms with Crippen LogP contribution < -0.4 is 14.8 Å². The van der Waals surface area contributed by atoms with Crippen molar-refractivity contribution in [3.63, 3.8) is 0 Å². The molecular weight excluding hydrogens is 568 g/mol. The van der Waals surface area contributed by atoms with Crippen molar-refractivity contribution in [2.45, 2.75) is 67.1 Å². The molecule has 0 aliphatic rings. The minimum absolute atomic E-state index is 0.0517. The Morgan fingerprint density at radius 3 is 1.39 bits per heavy atom. The van der Waals surface area contributed by atoms with E-state index in [4.69, 9.17) is 9.47 Å². The average molecular weight is 613 g/mol. The van der Waals surface area contributed by atoms with Gasteiger partial charge in [-0.15, -0.1) is 4.98 Å². The quantitative estimate of drug-likeness (QED) is 0.0919. The number of nitro groups is 2. The summed E-state index contributed by atoms with van der Waals surface area (Å²) < 4.78 is 13.4. The maximum atomic E-state index is 11.7. The second-order valence-corrected chi connectivity index (χ2v) is 10.7. The van der Waals surface area contributed by atoms with E-state index >= 15 is 0 Å². The maximum Gasteiger partial charge on any atom is 0.328 e. The molecule has 0 aliphatic heterocycles. The number of nitrogens with zero attached hydrogens (tertiary/aromatic N) is 7. The van der Waals surface area contributed by atoms with E-state index in [1.54, 1.807) is 43.4 Å². The summed E-state index contributed by atoms with van der Waals surface area (Å²) in [5.74, 6) is 0.249. The number of aromatic nitrogens is 3. The molecule has 238 valence electrons. The van der Waals surface area contributed by atoms with E-state index in [0.717, 1.165) is 0 Å². The SMILES string of the molecule is CC[N+](CC)(Cc1ccccc1[N+](=O)[O-])[C@H](C)Oc1nc(NC)nc(O[C@@H](C)[N+](CC)(CC)Cc2ccccc2[N+](=O)[O-])n1. The van der Waals surface area contributed by atoms with E-state index in [2.05, 4.69) is 20.3 Å². The van der Waals surface area contributed by atoms with Crippen LogP contribution in [-0.2, 0) is 13.1 Å². The first-order valence-corrected chi connectivity index (χ1v) is 14.9. The number of rotatable bonds is 17. The molecule has 0 unspecified atom stereocenters. The van der Waals surface area contributed by atoms with E-state index in [9.17, 15) is 20.2 Å². The van der Waals surface area contributed by atoms with E-state index in [1.165, 1.54) is 12.1 Å². The molecule has 0 bridgehead atoms. The van der Waals surface area contributed by atoms with Gasteiger partial charge in [-0.2, -0.15) is 9.97 Å². The fraction of sp³-hybridized carbons (Fsp3) is 0.500. The van der Waals surface area contributed by atoms with Crippen LogP contribution in [0.25, 0.3) is 0 Å². The van der Waals surface area contributed by atoms with Gasteiger partial charge >= 0.3 is 12.0 Å². The Hall–Kier alpha value is -4.43. The molecule has 0 saturated heterocycles. The second-order valence-electron chi connectivity index (χ2n) is 10.7. The lowest BCUT2D eigenvalue weighted by Gasteiger charge is -2.41. The molecule has 0 aliphatic carbocycles. The summed E-state index contributed by atoms with van der Waals surface area (Å²) in [6.07, 6.45) is -0.941. The van der Waals surface area contributed by atoms with E-state index in [1.807, 2.05) is 41.5 Å². The third kappa shape index (κ3) is 7.55. The van der Waals surface area contributed by atoms with E-state index in [0.29, 0.717) is 59.4 Å². The van der Waals surface area contributed by atoms with Gasteiger partial charge < -0.3 is 14.8 Å². The first-order valence-electron chi connectivity index (χ1n) is 14.9. The van der Waals surface area contributed by atoms with E-state index < -0.39 is 12.5 Å². The van der Waals surface area contributed by atoms with Crippen LogP contribution in [0.15, 0.2) is 48.5 Å². The van der Waals surface area contributed by atoms with Gasteiger partial charge in [0.25, 0.3) is 11.4 Å².